The molecular weight excluding hydrogens is 278 g/mol. The normalized spacial score (nSPS) is 33.9. The fourth-order valence-corrected chi connectivity index (χ4v) is 4.20. The zero-order valence-corrected chi connectivity index (χ0v) is 14.9. The van der Waals surface area contributed by atoms with Crippen LogP contribution in [0.2, 0.25) is 0 Å². The monoisotopic (exact) mass is 311 g/mol. The molecule has 128 valence electrons. The molecule has 2 rings (SSSR count). The Morgan fingerprint density at radius 3 is 2.64 bits per heavy atom. The molecule has 4 atom stereocenters. The molecule has 0 spiro atoms. The molecule has 4 nitrogen and oxygen atoms in total. The molecule has 2 fully saturated rings. The van der Waals surface area contributed by atoms with E-state index in [2.05, 4.69) is 26.1 Å². The summed E-state index contributed by atoms with van der Waals surface area (Å²) in [5.74, 6) is 0.628. The number of carbonyl (C=O) groups is 1. The molecule has 0 aromatic rings. The minimum absolute atomic E-state index is 0.00164. The summed E-state index contributed by atoms with van der Waals surface area (Å²) in [7, 11) is 0. The number of nitrogens with one attached hydrogen (secondary N) is 1. The molecule has 0 aliphatic heterocycles. The number of esters is 1. The second-order valence-electron chi connectivity index (χ2n) is 7.86. The minimum Gasteiger partial charge on any atom is -0.462 e. The van der Waals surface area contributed by atoms with E-state index in [1.807, 2.05) is 13.8 Å². The Labute approximate surface area is 135 Å². The first-order chi connectivity index (χ1) is 10.3. The molecule has 2 bridgehead atoms. The van der Waals surface area contributed by atoms with Crippen molar-refractivity contribution in [2.45, 2.75) is 72.5 Å². The Hall–Kier alpha value is -0.610. The van der Waals surface area contributed by atoms with E-state index in [9.17, 15) is 4.79 Å². The summed E-state index contributed by atoms with van der Waals surface area (Å²) in [5.41, 5.74) is 0.707. The maximum absolute atomic E-state index is 11.5. The summed E-state index contributed by atoms with van der Waals surface area (Å²) in [6, 6.07) is 0. The van der Waals surface area contributed by atoms with Gasteiger partial charge in [-0.25, -0.2) is 0 Å². The first-order valence-electron chi connectivity index (χ1n) is 8.83. The summed E-state index contributed by atoms with van der Waals surface area (Å²) in [5, 5.41) is 3.12. The lowest BCUT2D eigenvalue weighted by Crippen LogP contribution is -2.38. The van der Waals surface area contributed by atoms with Gasteiger partial charge in [-0.1, -0.05) is 27.7 Å². The minimum atomic E-state index is -0.178. The van der Waals surface area contributed by atoms with Gasteiger partial charge in [-0.2, -0.15) is 0 Å². The molecule has 0 radical (unpaired) electrons. The van der Waals surface area contributed by atoms with Gasteiger partial charge in [0.05, 0.1) is 25.4 Å². The largest absolute Gasteiger partial charge is 0.462 e. The molecule has 22 heavy (non-hydrogen) atoms. The highest BCUT2D eigenvalue weighted by Gasteiger charge is 2.61. The van der Waals surface area contributed by atoms with Gasteiger partial charge in [0.25, 0.3) is 0 Å². The molecule has 2 saturated carbocycles. The molecule has 0 amide bonds. The van der Waals surface area contributed by atoms with Crippen molar-refractivity contribution < 1.29 is 14.3 Å². The van der Waals surface area contributed by atoms with Crippen LogP contribution >= 0.6 is 0 Å². The Morgan fingerprint density at radius 2 is 2.09 bits per heavy atom. The van der Waals surface area contributed by atoms with Gasteiger partial charge < -0.3 is 14.8 Å². The predicted octanol–water partition coefficient (Wildman–Crippen LogP) is 3.15. The Kier molecular flexibility index (Phi) is 5.54. The molecule has 2 aliphatic carbocycles. The molecule has 0 aromatic heterocycles. The van der Waals surface area contributed by atoms with Crippen LogP contribution < -0.4 is 5.32 Å². The lowest BCUT2D eigenvalue weighted by atomic mass is 9.70. The van der Waals surface area contributed by atoms with Crippen LogP contribution in [0.4, 0.5) is 0 Å². The van der Waals surface area contributed by atoms with Crippen LogP contribution in [0.3, 0.4) is 0 Å². The van der Waals surface area contributed by atoms with E-state index < -0.39 is 0 Å². The molecule has 0 heterocycles. The van der Waals surface area contributed by atoms with Gasteiger partial charge in [0.2, 0.25) is 0 Å². The average molecular weight is 311 g/mol. The molecule has 0 aromatic carbocycles. The van der Waals surface area contributed by atoms with Crippen LogP contribution in [0.25, 0.3) is 0 Å². The molecule has 1 N–H and O–H groups in total. The second-order valence-corrected chi connectivity index (χ2v) is 7.86. The average Bonchev–Trinajstić information content (AvgIpc) is 2.79. The predicted molar refractivity (Wildman–Crippen MR) is 87.7 cm³/mol. The van der Waals surface area contributed by atoms with E-state index in [0.717, 1.165) is 12.3 Å². The Balaban J connectivity index is 1.63. The number of fused-ring (bicyclic) bond motifs is 2. The van der Waals surface area contributed by atoms with Crippen molar-refractivity contribution in [1.29, 1.82) is 0 Å². The summed E-state index contributed by atoms with van der Waals surface area (Å²) in [6.45, 7) is 12.8. The fourth-order valence-electron chi connectivity index (χ4n) is 4.20. The zero-order chi connectivity index (χ0) is 16.4. The van der Waals surface area contributed by atoms with Gasteiger partial charge in [0.1, 0.15) is 0 Å². The van der Waals surface area contributed by atoms with Crippen molar-refractivity contribution in [1.82, 2.24) is 5.32 Å². The van der Waals surface area contributed by atoms with Crippen molar-refractivity contribution in [3.63, 3.8) is 0 Å². The topological polar surface area (TPSA) is 47.6 Å². The number of carbonyl (C=O) groups excluding carboxylic acids is 1. The van der Waals surface area contributed by atoms with Crippen molar-refractivity contribution >= 4 is 5.97 Å². The standard InChI is InChI=1S/C18H33NO3/c1-6-13(2)22-16(20)12-19-9-10-21-15-11-14-7-8-18(15,5)17(14,3)4/h13-15,19H,6-12H2,1-5H3/t13-,14-,15-,18-/m1/s1. The van der Waals surface area contributed by atoms with E-state index in [-0.39, 0.29) is 18.6 Å². The van der Waals surface area contributed by atoms with E-state index in [4.69, 9.17) is 9.47 Å². The maximum atomic E-state index is 11.5. The second kappa shape index (κ2) is 6.88. The third kappa shape index (κ3) is 3.33. The first-order valence-corrected chi connectivity index (χ1v) is 8.83. The van der Waals surface area contributed by atoms with E-state index in [1.54, 1.807) is 0 Å². The highest BCUT2D eigenvalue weighted by atomic mass is 16.5. The van der Waals surface area contributed by atoms with E-state index in [1.165, 1.54) is 19.3 Å². The third-order valence-corrected chi connectivity index (χ3v) is 6.49. The molecule has 4 heteroatoms. The Morgan fingerprint density at radius 1 is 1.36 bits per heavy atom. The van der Waals surface area contributed by atoms with Crippen molar-refractivity contribution in [2.75, 3.05) is 19.7 Å². The SMILES string of the molecule is CC[C@@H](C)OC(=O)CNCCO[C@@H]1C[C@H]2CC[C@@]1(C)C2(C)C. The van der Waals surface area contributed by atoms with Crippen LogP contribution in [0.1, 0.15) is 60.3 Å². The van der Waals surface area contributed by atoms with Crippen LogP contribution in [-0.2, 0) is 14.3 Å². The van der Waals surface area contributed by atoms with Crippen LogP contribution in [0.15, 0.2) is 0 Å². The van der Waals surface area contributed by atoms with Gasteiger partial charge in [-0.3, -0.25) is 4.79 Å². The zero-order valence-electron chi connectivity index (χ0n) is 14.9. The van der Waals surface area contributed by atoms with E-state index in [0.29, 0.717) is 30.1 Å². The van der Waals surface area contributed by atoms with Gasteiger partial charge in [0.15, 0.2) is 0 Å². The Bertz CT molecular complexity index is 396. The van der Waals surface area contributed by atoms with Crippen LogP contribution in [0.5, 0.6) is 0 Å². The van der Waals surface area contributed by atoms with E-state index >= 15 is 0 Å². The maximum Gasteiger partial charge on any atom is 0.320 e. The van der Waals surface area contributed by atoms with Gasteiger partial charge in [-0.15, -0.1) is 0 Å². The molecule has 2 aliphatic rings. The highest BCUT2D eigenvalue weighted by Crippen LogP contribution is 2.66. The first kappa shape index (κ1) is 17.7. The molecular formula is C18H33NO3. The summed E-state index contributed by atoms with van der Waals surface area (Å²) >= 11 is 0. The van der Waals surface area contributed by atoms with Gasteiger partial charge >= 0.3 is 5.97 Å². The number of hydrogen-bond donors (Lipinski definition) is 1. The summed E-state index contributed by atoms with van der Waals surface area (Å²) in [6.07, 6.45) is 5.05. The van der Waals surface area contributed by atoms with Crippen molar-refractivity contribution in [3.8, 4) is 0 Å². The fraction of sp³-hybridized carbons (Fsp3) is 0.944. The quantitative estimate of drug-likeness (QED) is 0.552. The van der Waals surface area contributed by atoms with Crippen LogP contribution in [-0.4, -0.2) is 37.9 Å². The lowest BCUT2D eigenvalue weighted by Gasteiger charge is -2.38. The number of ether oxygens (including phenoxy) is 2. The highest BCUT2D eigenvalue weighted by molar-refractivity contribution is 5.71. The van der Waals surface area contributed by atoms with Crippen LogP contribution in [0, 0.1) is 16.7 Å². The number of hydrogen-bond acceptors (Lipinski definition) is 4. The number of rotatable bonds is 8. The van der Waals surface area contributed by atoms with Crippen molar-refractivity contribution in [3.05, 3.63) is 0 Å². The summed E-state index contributed by atoms with van der Waals surface area (Å²) in [4.78, 5) is 11.5. The summed E-state index contributed by atoms with van der Waals surface area (Å²) < 4.78 is 11.4. The molecule has 0 unspecified atom stereocenters. The van der Waals surface area contributed by atoms with Crippen molar-refractivity contribution in [2.24, 2.45) is 16.7 Å². The van der Waals surface area contributed by atoms with Gasteiger partial charge in [-0.05, 0) is 49.4 Å². The lowest BCUT2D eigenvalue weighted by molar-refractivity contribution is -0.147. The van der Waals surface area contributed by atoms with Gasteiger partial charge in [0, 0.05) is 6.54 Å². The molecule has 0 saturated heterocycles. The third-order valence-electron chi connectivity index (χ3n) is 6.49. The smallest absolute Gasteiger partial charge is 0.320 e.